The number of rotatable bonds is 10. The van der Waals surface area contributed by atoms with Crippen molar-refractivity contribution in [2.45, 2.75) is 51.0 Å². The maximum atomic E-state index is 12.3. The fourth-order valence-electron chi connectivity index (χ4n) is 4.16. The molecule has 2 fully saturated rings. The molecule has 2 aromatic rings. The highest BCUT2D eigenvalue weighted by atomic mass is 31.1. The standard InChI is InChI=1S/C25H31N2O4P/c1-32(26-14-12-22(26)16-24(28)30-18-20-8-4-2-5-9-20)27-15-13-23(27)17-25(29)31-19-21-10-6-3-7-11-21/h2-11,22-23H,12-19H2,1H3/t22-,23-/m1/s1. The lowest BCUT2D eigenvalue weighted by atomic mass is 10.0. The molecule has 7 heteroatoms. The average Bonchev–Trinajstić information content (AvgIpc) is 2.78. The Balaban J connectivity index is 1.19. The molecule has 170 valence electrons. The van der Waals surface area contributed by atoms with Gasteiger partial charge in [0, 0.05) is 33.4 Å². The molecular formula is C25H31N2O4P. The Hall–Kier alpha value is -2.27. The molecule has 2 aromatic carbocycles. The lowest BCUT2D eigenvalue weighted by Gasteiger charge is -2.53. The third-order valence-corrected chi connectivity index (χ3v) is 8.80. The third kappa shape index (κ3) is 5.94. The number of esters is 2. The second kappa shape index (κ2) is 11.0. The van der Waals surface area contributed by atoms with Crippen LogP contribution in [0.25, 0.3) is 0 Å². The van der Waals surface area contributed by atoms with Crippen LogP contribution in [0.15, 0.2) is 60.7 Å². The van der Waals surface area contributed by atoms with E-state index in [4.69, 9.17) is 9.47 Å². The number of nitrogens with zero attached hydrogens (tertiary/aromatic N) is 2. The van der Waals surface area contributed by atoms with Crippen molar-refractivity contribution in [3.8, 4) is 0 Å². The molecule has 0 N–H and O–H groups in total. The van der Waals surface area contributed by atoms with E-state index >= 15 is 0 Å². The average molecular weight is 455 g/mol. The van der Waals surface area contributed by atoms with Gasteiger partial charge in [0.1, 0.15) is 13.2 Å². The summed E-state index contributed by atoms with van der Waals surface area (Å²) >= 11 is 0. The lowest BCUT2D eigenvalue weighted by Crippen LogP contribution is -2.53. The highest BCUT2D eigenvalue weighted by Gasteiger charge is 2.42. The molecule has 0 bridgehead atoms. The first-order chi connectivity index (χ1) is 15.6. The van der Waals surface area contributed by atoms with Gasteiger partial charge in [-0.05, 0) is 30.6 Å². The first kappa shape index (κ1) is 22.9. The monoisotopic (exact) mass is 454 g/mol. The summed E-state index contributed by atoms with van der Waals surface area (Å²) in [7, 11) is -0.524. The zero-order chi connectivity index (χ0) is 22.3. The Bertz CT molecular complexity index is 822. The number of hydrogen-bond acceptors (Lipinski definition) is 6. The Morgan fingerprint density at radius 2 is 1.19 bits per heavy atom. The Morgan fingerprint density at radius 1 is 0.781 bits per heavy atom. The van der Waals surface area contributed by atoms with Crippen molar-refractivity contribution in [1.82, 2.24) is 9.34 Å². The molecule has 2 saturated heterocycles. The van der Waals surface area contributed by atoms with Gasteiger partial charge in [0.15, 0.2) is 0 Å². The summed E-state index contributed by atoms with van der Waals surface area (Å²) in [6, 6.07) is 20.0. The molecule has 0 aliphatic carbocycles. The van der Waals surface area contributed by atoms with Crippen LogP contribution >= 0.6 is 8.22 Å². The van der Waals surface area contributed by atoms with Gasteiger partial charge in [-0.3, -0.25) is 18.9 Å². The second-order valence-corrected chi connectivity index (χ2v) is 10.4. The molecule has 4 rings (SSSR count). The SMILES string of the molecule is CP(N1CC[C@@H]1CC(=O)OCc1ccccc1)N1CC[C@@H]1CC(=O)OCc1ccccc1. The van der Waals surface area contributed by atoms with Gasteiger partial charge in [0.25, 0.3) is 0 Å². The molecule has 2 heterocycles. The molecule has 0 spiro atoms. The van der Waals surface area contributed by atoms with Crippen molar-refractivity contribution >= 4 is 20.2 Å². The lowest BCUT2D eigenvalue weighted by molar-refractivity contribution is -0.147. The number of carbonyl (C=O) groups excluding carboxylic acids is 2. The van der Waals surface area contributed by atoms with Crippen LogP contribution in [0.3, 0.4) is 0 Å². The molecule has 2 aliphatic rings. The molecule has 2 atom stereocenters. The molecular weight excluding hydrogens is 423 g/mol. The normalized spacial score (nSPS) is 20.9. The summed E-state index contributed by atoms with van der Waals surface area (Å²) in [5.74, 6) is -0.284. The number of benzene rings is 2. The number of ether oxygens (including phenoxy) is 2. The first-order valence-electron chi connectivity index (χ1n) is 11.3. The van der Waals surface area contributed by atoms with E-state index in [2.05, 4.69) is 16.0 Å². The Kier molecular flexibility index (Phi) is 7.90. The van der Waals surface area contributed by atoms with E-state index in [-0.39, 0.29) is 24.0 Å². The zero-order valence-electron chi connectivity index (χ0n) is 18.6. The molecule has 0 aromatic heterocycles. The van der Waals surface area contributed by atoms with Gasteiger partial charge < -0.3 is 9.47 Å². The minimum absolute atomic E-state index is 0.142. The van der Waals surface area contributed by atoms with Gasteiger partial charge in [-0.15, -0.1) is 0 Å². The quantitative estimate of drug-likeness (QED) is 0.393. The zero-order valence-corrected chi connectivity index (χ0v) is 19.5. The van der Waals surface area contributed by atoms with Gasteiger partial charge in [0.2, 0.25) is 0 Å². The molecule has 0 radical (unpaired) electrons. The van der Waals surface area contributed by atoms with Gasteiger partial charge in [0.05, 0.1) is 12.8 Å². The van der Waals surface area contributed by atoms with E-state index in [1.54, 1.807) is 0 Å². The summed E-state index contributed by atoms with van der Waals surface area (Å²) in [4.78, 5) is 24.6. The summed E-state index contributed by atoms with van der Waals surface area (Å²) in [6.45, 7) is 4.89. The number of hydrogen-bond donors (Lipinski definition) is 0. The molecule has 2 aliphatic heterocycles. The minimum atomic E-state index is -0.524. The Labute approximate surface area is 191 Å². The maximum Gasteiger partial charge on any atom is 0.307 e. The predicted molar refractivity (Wildman–Crippen MR) is 125 cm³/mol. The highest BCUT2D eigenvalue weighted by molar-refractivity contribution is 7.52. The van der Waals surface area contributed by atoms with Crippen LogP contribution in [-0.4, -0.2) is 53.1 Å². The molecule has 0 unspecified atom stereocenters. The van der Waals surface area contributed by atoms with Gasteiger partial charge in [-0.25, -0.2) is 0 Å². The van der Waals surface area contributed by atoms with Crippen LogP contribution in [0.1, 0.15) is 36.8 Å². The summed E-state index contributed by atoms with van der Waals surface area (Å²) in [5, 5.41) is 0. The second-order valence-electron chi connectivity index (χ2n) is 8.40. The van der Waals surface area contributed by atoms with Crippen LogP contribution in [-0.2, 0) is 32.3 Å². The molecule has 0 saturated carbocycles. The smallest absolute Gasteiger partial charge is 0.307 e. The van der Waals surface area contributed by atoms with Crippen LogP contribution < -0.4 is 0 Å². The summed E-state index contributed by atoms with van der Waals surface area (Å²) in [5.41, 5.74) is 2.01. The van der Waals surface area contributed by atoms with Crippen LogP contribution in [0.4, 0.5) is 0 Å². The van der Waals surface area contributed by atoms with E-state index in [0.29, 0.717) is 26.1 Å². The maximum absolute atomic E-state index is 12.3. The van der Waals surface area contributed by atoms with Crippen molar-refractivity contribution < 1.29 is 19.1 Å². The van der Waals surface area contributed by atoms with Crippen molar-refractivity contribution in [2.75, 3.05) is 19.8 Å². The molecule has 0 amide bonds. The van der Waals surface area contributed by atoms with Crippen LogP contribution in [0.2, 0.25) is 0 Å². The summed E-state index contributed by atoms with van der Waals surface area (Å²) < 4.78 is 15.8. The van der Waals surface area contributed by atoms with Gasteiger partial charge in [-0.2, -0.15) is 0 Å². The van der Waals surface area contributed by atoms with Crippen molar-refractivity contribution in [3.05, 3.63) is 71.8 Å². The highest BCUT2D eigenvalue weighted by Crippen LogP contribution is 2.52. The summed E-state index contributed by atoms with van der Waals surface area (Å²) in [6.07, 6.45) is 2.89. The van der Waals surface area contributed by atoms with Gasteiger partial charge in [-0.1, -0.05) is 60.7 Å². The minimum Gasteiger partial charge on any atom is -0.461 e. The molecule has 6 nitrogen and oxygen atoms in total. The van der Waals surface area contributed by atoms with Crippen molar-refractivity contribution in [3.63, 3.8) is 0 Å². The van der Waals surface area contributed by atoms with Crippen LogP contribution in [0, 0.1) is 0 Å². The topological polar surface area (TPSA) is 59.1 Å². The van der Waals surface area contributed by atoms with E-state index in [1.165, 1.54) is 0 Å². The van der Waals surface area contributed by atoms with E-state index in [0.717, 1.165) is 37.1 Å². The fraction of sp³-hybridized carbons (Fsp3) is 0.440. The van der Waals surface area contributed by atoms with Crippen molar-refractivity contribution in [1.29, 1.82) is 0 Å². The van der Waals surface area contributed by atoms with Gasteiger partial charge >= 0.3 is 11.9 Å². The molecule has 32 heavy (non-hydrogen) atoms. The number of carbonyl (C=O) groups is 2. The van der Waals surface area contributed by atoms with Crippen molar-refractivity contribution in [2.24, 2.45) is 0 Å². The largest absolute Gasteiger partial charge is 0.461 e. The Morgan fingerprint density at radius 3 is 1.53 bits per heavy atom. The first-order valence-corrected chi connectivity index (χ1v) is 13.0. The third-order valence-electron chi connectivity index (χ3n) is 6.26. The van der Waals surface area contributed by atoms with E-state index in [1.807, 2.05) is 60.7 Å². The fourth-order valence-corrected chi connectivity index (χ4v) is 6.60. The predicted octanol–water partition coefficient (Wildman–Crippen LogP) is 4.34. The van der Waals surface area contributed by atoms with E-state index in [9.17, 15) is 9.59 Å². The van der Waals surface area contributed by atoms with Crippen LogP contribution in [0.5, 0.6) is 0 Å². The van der Waals surface area contributed by atoms with E-state index < -0.39 is 8.22 Å².